The number of nitrogens with zero attached hydrogens (tertiary/aromatic N) is 1. The lowest BCUT2D eigenvalue weighted by Gasteiger charge is -2.38. The number of amides is 1. The summed E-state index contributed by atoms with van der Waals surface area (Å²) in [7, 11) is -1.66. The lowest BCUT2D eigenvalue weighted by Crippen LogP contribution is -2.47. The number of ether oxygens (including phenoxy) is 1. The molecule has 1 amide bonds. The molecule has 8 nitrogen and oxygen atoms in total. The molecule has 1 fully saturated rings. The highest BCUT2D eigenvalue weighted by Crippen LogP contribution is 2.30. The largest absolute Gasteiger partial charge is 0.496 e. The summed E-state index contributed by atoms with van der Waals surface area (Å²) in [5.41, 5.74) is 3.48. The van der Waals surface area contributed by atoms with Crippen LogP contribution in [0, 0.1) is 5.41 Å². The SMILES string of the molecule is COc1ccc(-c2ccc(NS(C)(=O)=O)cc2)cc1CNC1CCC(N(CC(C)(C)C)C(=O)O)CC1. The van der Waals surface area contributed by atoms with Crippen molar-refractivity contribution in [3.05, 3.63) is 48.0 Å². The van der Waals surface area contributed by atoms with Crippen LogP contribution in [0.4, 0.5) is 10.5 Å². The first-order valence-electron chi connectivity index (χ1n) is 12.3. The molecule has 2 aromatic carbocycles. The number of carboxylic acid groups (broad SMARTS) is 1. The lowest BCUT2D eigenvalue weighted by atomic mass is 9.88. The summed E-state index contributed by atoms with van der Waals surface area (Å²) < 4.78 is 31.0. The van der Waals surface area contributed by atoms with Gasteiger partial charge in [0.2, 0.25) is 10.0 Å². The number of nitrogens with one attached hydrogen (secondary N) is 2. The second-order valence-electron chi connectivity index (χ2n) is 10.8. The molecular weight excluding hydrogens is 478 g/mol. The monoisotopic (exact) mass is 517 g/mol. The molecular formula is C27H39N3O5S. The summed E-state index contributed by atoms with van der Waals surface area (Å²) in [6.07, 6.45) is 3.86. The van der Waals surface area contributed by atoms with E-state index in [-0.39, 0.29) is 11.5 Å². The van der Waals surface area contributed by atoms with Gasteiger partial charge >= 0.3 is 6.09 Å². The highest BCUT2D eigenvalue weighted by molar-refractivity contribution is 7.92. The van der Waals surface area contributed by atoms with Gasteiger partial charge in [-0.05, 0) is 66.5 Å². The molecule has 3 rings (SSSR count). The molecule has 198 valence electrons. The van der Waals surface area contributed by atoms with Gasteiger partial charge in [0.1, 0.15) is 5.75 Å². The molecule has 0 unspecified atom stereocenters. The maximum Gasteiger partial charge on any atom is 0.407 e. The average molecular weight is 518 g/mol. The Kier molecular flexibility index (Phi) is 8.89. The Morgan fingerprint density at radius 2 is 1.67 bits per heavy atom. The van der Waals surface area contributed by atoms with E-state index in [4.69, 9.17) is 4.74 Å². The van der Waals surface area contributed by atoms with Crippen molar-refractivity contribution in [1.82, 2.24) is 10.2 Å². The second kappa shape index (κ2) is 11.5. The van der Waals surface area contributed by atoms with Gasteiger partial charge in [-0.1, -0.05) is 39.0 Å². The van der Waals surface area contributed by atoms with E-state index in [2.05, 4.69) is 36.9 Å². The molecule has 0 heterocycles. The summed E-state index contributed by atoms with van der Waals surface area (Å²) in [6, 6.07) is 13.7. The van der Waals surface area contributed by atoms with Gasteiger partial charge < -0.3 is 20.1 Å². The van der Waals surface area contributed by atoms with Crippen molar-refractivity contribution >= 4 is 21.8 Å². The zero-order chi connectivity index (χ0) is 26.5. The third-order valence-electron chi connectivity index (χ3n) is 6.41. The second-order valence-corrected chi connectivity index (χ2v) is 12.6. The molecule has 36 heavy (non-hydrogen) atoms. The zero-order valence-electron chi connectivity index (χ0n) is 21.9. The molecule has 0 atom stereocenters. The first-order chi connectivity index (χ1) is 16.8. The predicted molar refractivity (Wildman–Crippen MR) is 144 cm³/mol. The maximum absolute atomic E-state index is 11.8. The van der Waals surface area contributed by atoms with Crippen molar-refractivity contribution in [3.8, 4) is 16.9 Å². The van der Waals surface area contributed by atoms with E-state index in [9.17, 15) is 18.3 Å². The number of anilines is 1. The number of sulfonamides is 1. The number of hydrogen-bond acceptors (Lipinski definition) is 5. The summed E-state index contributed by atoms with van der Waals surface area (Å²) in [5.74, 6) is 0.803. The van der Waals surface area contributed by atoms with Crippen molar-refractivity contribution in [1.29, 1.82) is 0 Å². The van der Waals surface area contributed by atoms with Crippen molar-refractivity contribution < 1.29 is 23.1 Å². The number of carbonyl (C=O) groups is 1. The van der Waals surface area contributed by atoms with Crippen LogP contribution in [-0.2, 0) is 16.6 Å². The zero-order valence-corrected chi connectivity index (χ0v) is 22.7. The van der Waals surface area contributed by atoms with Gasteiger partial charge in [-0.3, -0.25) is 4.72 Å². The average Bonchev–Trinajstić information content (AvgIpc) is 2.80. The summed E-state index contributed by atoms with van der Waals surface area (Å²) in [4.78, 5) is 13.5. The lowest BCUT2D eigenvalue weighted by molar-refractivity contribution is 0.0847. The van der Waals surface area contributed by atoms with Crippen LogP contribution < -0.4 is 14.8 Å². The van der Waals surface area contributed by atoms with E-state index in [1.54, 1.807) is 24.1 Å². The summed E-state index contributed by atoms with van der Waals surface area (Å²) >= 11 is 0. The molecule has 0 bridgehead atoms. The predicted octanol–water partition coefficient (Wildman–Crippen LogP) is 5.16. The van der Waals surface area contributed by atoms with Crippen LogP contribution in [0.15, 0.2) is 42.5 Å². The number of methoxy groups -OCH3 is 1. The van der Waals surface area contributed by atoms with Gasteiger partial charge in [-0.2, -0.15) is 0 Å². The fourth-order valence-electron chi connectivity index (χ4n) is 4.75. The Bertz CT molecular complexity index is 1130. The minimum Gasteiger partial charge on any atom is -0.496 e. The van der Waals surface area contributed by atoms with E-state index in [0.717, 1.165) is 54.4 Å². The molecule has 0 saturated heterocycles. The van der Waals surface area contributed by atoms with Crippen LogP contribution in [-0.4, -0.2) is 56.5 Å². The van der Waals surface area contributed by atoms with Gasteiger partial charge in [-0.25, -0.2) is 13.2 Å². The van der Waals surface area contributed by atoms with Gasteiger partial charge in [0.25, 0.3) is 0 Å². The van der Waals surface area contributed by atoms with Crippen LogP contribution in [0.2, 0.25) is 0 Å². The Labute approximate surface area is 215 Å². The highest BCUT2D eigenvalue weighted by Gasteiger charge is 2.31. The van der Waals surface area contributed by atoms with Gasteiger partial charge in [0, 0.05) is 36.4 Å². The number of rotatable bonds is 9. The normalized spacial score (nSPS) is 18.5. The van der Waals surface area contributed by atoms with Crippen LogP contribution in [0.3, 0.4) is 0 Å². The molecule has 0 radical (unpaired) electrons. The van der Waals surface area contributed by atoms with Crippen molar-refractivity contribution in [2.24, 2.45) is 5.41 Å². The van der Waals surface area contributed by atoms with Crippen molar-refractivity contribution in [3.63, 3.8) is 0 Å². The molecule has 1 saturated carbocycles. The third-order valence-corrected chi connectivity index (χ3v) is 7.02. The van der Waals surface area contributed by atoms with E-state index < -0.39 is 16.1 Å². The summed E-state index contributed by atoms with van der Waals surface area (Å²) in [6.45, 7) is 7.39. The highest BCUT2D eigenvalue weighted by atomic mass is 32.2. The quantitative estimate of drug-likeness (QED) is 0.424. The first kappa shape index (κ1) is 27.8. The molecule has 9 heteroatoms. The minimum atomic E-state index is -3.32. The topological polar surface area (TPSA) is 108 Å². The van der Waals surface area contributed by atoms with E-state index in [1.807, 2.05) is 24.3 Å². The van der Waals surface area contributed by atoms with Crippen molar-refractivity contribution in [2.75, 3.05) is 24.6 Å². The molecule has 3 N–H and O–H groups in total. The van der Waals surface area contributed by atoms with Crippen molar-refractivity contribution in [2.45, 2.75) is 65.1 Å². The van der Waals surface area contributed by atoms with Gasteiger partial charge in [0.05, 0.1) is 13.4 Å². The van der Waals surface area contributed by atoms with Crippen LogP contribution in [0.25, 0.3) is 11.1 Å². The molecule has 0 aromatic heterocycles. The smallest absolute Gasteiger partial charge is 0.407 e. The first-order valence-corrected chi connectivity index (χ1v) is 14.2. The van der Waals surface area contributed by atoms with Crippen LogP contribution >= 0.6 is 0 Å². The Balaban J connectivity index is 1.63. The van der Waals surface area contributed by atoms with Gasteiger partial charge in [0.15, 0.2) is 0 Å². The molecule has 0 spiro atoms. The third kappa shape index (κ3) is 8.13. The fourth-order valence-corrected chi connectivity index (χ4v) is 5.32. The van der Waals surface area contributed by atoms with Crippen LogP contribution in [0.5, 0.6) is 5.75 Å². The Morgan fingerprint density at radius 1 is 1.06 bits per heavy atom. The number of benzene rings is 2. The van der Waals surface area contributed by atoms with E-state index >= 15 is 0 Å². The van der Waals surface area contributed by atoms with Crippen LogP contribution in [0.1, 0.15) is 52.0 Å². The maximum atomic E-state index is 11.8. The number of hydrogen-bond donors (Lipinski definition) is 3. The minimum absolute atomic E-state index is 0.0674. The molecule has 0 aliphatic heterocycles. The Morgan fingerprint density at radius 3 is 2.19 bits per heavy atom. The standard InChI is InChI=1S/C27H39N3O5S/c1-27(2,3)18-30(26(31)32)24-13-11-22(12-14-24)28-17-21-16-20(8-15-25(21)35-4)19-6-9-23(10-7-19)29-36(5,33)34/h6-10,15-16,22,24,28-29H,11-14,17-18H2,1-5H3,(H,31,32). The summed E-state index contributed by atoms with van der Waals surface area (Å²) in [5, 5.41) is 13.4. The molecule has 2 aromatic rings. The molecule has 1 aliphatic carbocycles. The molecule has 1 aliphatic rings. The van der Waals surface area contributed by atoms with E-state index in [1.165, 1.54) is 0 Å². The van der Waals surface area contributed by atoms with Gasteiger partial charge in [-0.15, -0.1) is 0 Å². The Hall–Kier alpha value is -2.78. The van der Waals surface area contributed by atoms with E-state index in [0.29, 0.717) is 24.8 Å². The fraction of sp³-hybridized carbons (Fsp3) is 0.519.